The molecule has 6 heteroatoms. The molecule has 0 unspecified atom stereocenters. The van der Waals surface area contributed by atoms with Gasteiger partial charge in [0.15, 0.2) is 0 Å². The van der Waals surface area contributed by atoms with Crippen LogP contribution in [-0.2, 0) is 14.4 Å². The van der Waals surface area contributed by atoms with Crippen LogP contribution in [0.4, 0.5) is 5.69 Å². The number of carbonyl (C=O) groups is 3. The first-order valence-corrected chi connectivity index (χ1v) is 6.42. The van der Waals surface area contributed by atoms with Crippen LogP contribution >= 0.6 is 0 Å². The maximum absolute atomic E-state index is 12.4. The van der Waals surface area contributed by atoms with E-state index in [2.05, 4.69) is 10.6 Å². The van der Waals surface area contributed by atoms with Crippen molar-refractivity contribution in [3.05, 3.63) is 29.8 Å². The predicted molar refractivity (Wildman–Crippen MR) is 74.0 cm³/mol. The second-order valence-corrected chi connectivity index (χ2v) is 4.85. The lowest BCUT2D eigenvalue weighted by Crippen LogP contribution is -2.44. The Morgan fingerprint density at radius 1 is 1.20 bits per heavy atom. The van der Waals surface area contributed by atoms with Crippen molar-refractivity contribution in [3.63, 3.8) is 0 Å². The summed E-state index contributed by atoms with van der Waals surface area (Å²) in [7, 11) is 1.37. The van der Waals surface area contributed by atoms with Crippen molar-refractivity contribution >= 4 is 23.4 Å². The molecule has 2 N–H and O–H groups in total. The number of anilines is 1. The first-order chi connectivity index (χ1) is 9.47. The van der Waals surface area contributed by atoms with Crippen molar-refractivity contribution in [2.75, 3.05) is 11.9 Å². The lowest BCUT2D eigenvalue weighted by atomic mass is 10.1. The molecule has 0 radical (unpaired) electrons. The van der Waals surface area contributed by atoms with E-state index in [0.29, 0.717) is 5.56 Å². The number of nitrogens with zero attached hydrogens (tertiary/aromatic N) is 1. The van der Waals surface area contributed by atoms with Crippen molar-refractivity contribution in [2.24, 2.45) is 0 Å². The monoisotopic (exact) mass is 275 g/mol. The molecule has 1 atom stereocenters. The van der Waals surface area contributed by atoms with E-state index in [1.165, 1.54) is 7.05 Å². The van der Waals surface area contributed by atoms with Crippen molar-refractivity contribution < 1.29 is 14.4 Å². The minimum Gasteiger partial charge on any atom is -0.351 e. The minimum absolute atomic E-state index is 0.0226. The van der Waals surface area contributed by atoms with Crippen LogP contribution in [0.25, 0.3) is 0 Å². The Morgan fingerprint density at radius 3 is 2.45 bits per heavy atom. The fourth-order valence-electron chi connectivity index (χ4n) is 2.32. The third kappa shape index (κ3) is 2.24. The van der Waals surface area contributed by atoms with Crippen molar-refractivity contribution in [1.82, 2.24) is 10.6 Å². The van der Waals surface area contributed by atoms with E-state index in [-0.39, 0.29) is 11.9 Å². The standard InChI is InChI=1S/C14H17N3O3/c1-8(2)17-10-7-5-4-6-9(10)11(14(17)20)16-13(19)12(18)15-3/h4-8,11H,1-3H3,(H,15,18)(H,16,19)/t11-/m0/s1. The number of likely N-dealkylation sites (N-methyl/N-ethyl adjacent to an activating group) is 1. The Bertz CT molecular complexity index is 569. The SMILES string of the molecule is CNC(=O)C(=O)N[C@@H]1C(=O)N(C(C)C)c2ccccc21. The lowest BCUT2D eigenvalue weighted by molar-refractivity contribution is -0.140. The highest BCUT2D eigenvalue weighted by molar-refractivity contribution is 6.35. The molecule has 6 nitrogen and oxygen atoms in total. The fourth-order valence-corrected chi connectivity index (χ4v) is 2.32. The molecule has 1 aliphatic heterocycles. The normalized spacial score (nSPS) is 17.1. The van der Waals surface area contributed by atoms with Gasteiger partial charge in [0.05, 0.1) is 0 Å². The van der Waals surface area contributed by atoms with Crippen molar-refractivity contribution in [2.45, 2.75) is 25.9 Å². The van der Waals surface area contributed by atoms with Gasteiger partial charge >= 0.3 is 11.8 Å². The molecule has 0 aromatic heterocycles. The van der Waals surface area contributed by atoms with Crippen LogP contribution in [0.5, 0.6) is 0 Å². The maximum Gasteiger partial charge on any atom is 0.310 e. The summed E-state index contributed by atoms with van der Waals surface area (Å²) in [6, 6.07) is 6.42. The molecule has 1 aliphatic rings. The van der Waals surface area contributed by atoms with Crippen LogP contribution in [0.2, 0.25) is 0 Å². The van der Waals surface area contributed by atoms with E-state index >= 15 is 0 Å². The molecule has 0 saturated carbocycles. The quantitative estimate of drug-likeness (QED) is 0.764. The first-order valence-electron chi connectivity index (χ1n) is 6.42. The van der Waals surface area contributed by atoms with E-state index in [4.69, 9.17) is 0 Å². The van der Waals surface area contributed by atoms with Gasteiger partial charge in [-0.15, -0.1) is 0 Å². The summed E-state index contributed by atoms with van der Waals surface area (Å²) >= 11 is 0. The van der Waals surface area contributed by atoms with Gasteiger partial charge in [-0.2, -0.15) is 0 Å². The number of hydrogen-bond donors (Lipinski definition) is 2. The van der Waals surface area contributed by atoms with Gasteiger partial charge < -0.3 is 15.5 Å². The van der Waals surface area contributed by atoms with Crippen LogP contribution in [0.15, 0.2) is 24.3 Å². The Hall–Kier alpha value is -2.37. The average molecular weight is 275 g/mol. The fraction of sp³-hybridized carbons (Fsp3) is 0.357. The minimum atomic E-state index is -0.814. The first kappa shape index (κ1) is 14.0. The zero-order valence-electron chi connectivity index (χ0n) is 11.6. The number of amides is 3. The number of hydrogen-bond acceptors (Lipinski definition) is 3. The van der Waals surface area contributed by atoms with Gasteiger partial charge in [-0.25, -0.2) is 0 Å². The maximum atomic E-state index is 12.4. The summed E-state index contributed by atoms with van der Waals surface area (Å²) in [5.41, 5.74) is 1.48. The second-order valence-electron chi connectivity index (χ2n) is 4.85. The highest BCUT2D eigenvalue weighted by Gasteiger charge is 2.39. The smallest absolute Gasteiger partial charge is 0.310 e. The Balaban J connectivity index is 2.33. The molecule has 1 heterocycles. The molecule has 0 spiro atoms. The van der Waals surface area contributed by atoms with E-state index in [0.717, 1.165) is 5.69 Å². The van der Waals surface area contributed by atoms with Gasteiger partial charge in [-0.1, -0.05) is 18.2 Å². The molecule has 1 aromatic carbocycles. The number of para-hydroxylation sites is 1. The van der Waals surface area contributed by atoms with Gasteiger partial charge in [0, 0.05) is 24.3 Å². The van der Waals surface area contributed by atoms with E-state index in [1.54, 1.807) is 17.0 Å². The van der Waals surface area contributed by atoms with Crippen LogP contribution in [0, 0.1) is 0 Å². The summed E-state index contributed by atoms with van der Waals surface area (Å²) in [5.74, 6) is -1.80. The molecule has 106 valence electrons. The number of carbonyl (C=O) groups excluding carboxylic acids is 3. The molecule has 0 fully saturated rings. The van der Waals surface area contributed by atoms with Crippen LogP contribution in [0.1, 0.15) is 25.5 Å². The number of benzene rings is 1. The second kappa shape index (κ2) is 5.32. The van der Waals surface area contributed by atoms with E-state index in [1.807, 2.05) is 26.0 Å². The van der Waals surface area contributed by atoms with Crippen LogP contribution in [-0.4, -0.2) is 30.8 Å². The summed E-state index contributed by atoms with van der Waals surface area (Å²) in [4.78, 5) is 37.0. The van der Waals surface area contributed by atoms with E-state index < -0.39 is 17.9 Å². The molecule has 1 aromatic rings. The summed E-state index contributed by atoms with van der Waals surface area (Å²) in [6.45, 7) is 3.80. The van der Waals surface area contributed by atoms with E-state index in [9.17, 15) is 14.4 Å². The molecule has 20 heavy (non-hydrogen) atoms. The van der Waals surface area contributed by atoms with Gasteiger partial charge in [0.25, 0.3) is 5.91 Å². The molecular weight excluding hydrogens is 258 g/mol. The molecule has 2 rings (SSSR count). The molecule has 0 bridgehead atoms. The Labute approximate surface area is 117 Å². The highest BCUT2D eigenvalue weighted by atomic mass is 16.2. The Morgan fingerprint density at radius 2 is 1.85 bits per heavy atom. The molecule has 3 amide bonds. The average Bonchev–Trinajstić information content (AvgIpc) is 2.70. The zero-order chi connectivity index (χ0) is 14.9. The number of nitrogens with one attached hydrogen (secondary N) is 2. The molecule has 0 aliphatic carbocycles. The topological polar surface area (TPSA) is 78.5 Å². The third-order valence-electron chi connectivity index (χ3n) is 3.22. The van der Waals surface area contributed by atoms with Gasteiger partial charge in [-0.3, -0.25) is 14.4 Å². The van der Waals surface area contributed by atoms with Crippen LogP contribution in [0.3, 0.4) is 0 Å². The van der Waals surface area contributed by atoms with Gasteiger partial charge in [0.1, 0.15) is 6.04 Å². The number of fused-ring (bicyclic) bond motifs is 1. The highest BCUT2D eigenvalue weighted by Crippen LogP contribution is 2.36. The summed E-state index contributed by atoms with van der Waals surface area (Å²) in [5, 5.41) is 4.71. The molecular formula is C14H17N3O3. The lowest BCUT2D eigenvalue weighted by Gasteiger charge is -2.22. The molecule has 0 saturated heterocycles. The Kier molecular flexibility index (Phi) is 3.74. The number of rotatable bonds is 2. The van der Waals surface area contributed by atoms with Crippen molar-refractivity contribution in [3.8, 4) is 0 Å². The summed E-state index contributed by atoms with van der Waals surface area (Å²) in [6.07, 6.45) is 0. The van der Waals surface area contributed by atoms with Gasteiger partial charge in [0.2, 0.25) is 0 Å². The third-order valence-corrected chi connectivity index (χ3v) is 3.22. The van der Waals surface area contributed by atoms with Gasteiger partial charge in [-0.05, 0) is 19.9 Å². The van der Waals surface area contributed by atoms with Crippen molar-refractivity contribution in [1.29, 1.82) is 0 Å². The zero-order valence-corrected chi connectivity index (χ0v) is 11.6. The largest absolute Gasteiger partial charge is 0.351 e. The van der Waals surface area contributed by atoms with Crippen LogP contribution < -0.4 is 15.5 Å². The predicted octanol–water partition coefficient (Wildman–Crippen LogP) is 0.345. The summed E-state index contributed by atoms with van der Waals surface area (Å²) < 4.78 is 0.